The number of benzene rings is 1. The van der Waals surface area contributed by atoms with Crippen LogP contribution in [0.4, 0.5) is 0 Å². The minimum Gasteiger partial charge on any atom is -0.394 e. The Morgan fingerprint density at radius 3 is 2.61 bits per heavy atom. The number of pyridine rings is 1. The zero-order chi connectivity index (χ0) is 16.7. The van der Waals surface area contributed by atoms with Gasteiger partial charge in [-0.1, -0.05) is 42.3 Å². The molecule has 23 heavy (non-hydrogen) atoms. The molecule has 0 amide bonds. The van der Waals surface area contributed by atoms with Crippen molar-refractivity contribution < 1.29 is 5.11 Å². The molecule has 1 N–H and O–H groups in total. The molecule has 0 bridgehead atoms. The molecule has 3 nitrogen and oxygen atoms in total. The van der Waals surface area contributed by atoms with Gasteiger partial charge in [0.1, 0.15) is 0 Å². The van der Waals surface area contributed by atoms with Gasteiger partial charge in [0, 0.05) is 18.9 Å². The number of aromatic nitrogens is 1. The fourth-order valence-electron chi connectivity index (χ4n) is 2.68. The third-order valence-electron chi connectivity index (χ3n) is 3.87. The average molecular weight is 353 g/mol. The highest BCUT2D eigenvalue weighted by molar-refractivity contribution is 6.42. The molecule has 1 heterocycles. The van der Waals surface area contributed by atoms with Gasteiger partial charge in [-0.15, -0.1) is 0 Å². The van der Waals surface area contributed by atoms with E-state index in [4.69, 9.17) is 23.2 Å². The van der Waals surface area contributed by atoms with Crippen molar-refractivity contribution in [1.29, 1.82) is 0 Å². The molecule has 1 aromatic heterocycles. The molecule has 1 unspecified atom stereocenters. The second-order valence-corrected chi connectivity index (χ2v) is 6.33. The van der Waals surface area contributed by atoms with Gasteiger partial charge in [-0.25, -0.2) is 0 Å². The largest absolute Gasteiger partial charge is 0.394 e. The highest BCUT2D eigenvalue weighted by atomic mass is 35.5. The Hall–Kier alpha value is -1.13. The average Bonchev–Trinajstić information content (AvgIpc) is 2.57. The van der Waals surface area contributed by atoms with Gasteiger partial charge in [0.05, 0.1) is 22.7 Å². The lowest BCUT2D eigenvalue weighted by Crippen LogP contribution is -2.33. The van der Waals surface area contributed by atoms with E-state index in [0.717, 1.165) is 37.1 Å². The number of halogens is 2. The number of aliphatic hydroxyl groups excluding tert-OH is 1. The van der Waals surface area contributed by atoms with Gasteiger partial charge in [0.25, 0.3) is 0 Å². The Morgan fingerprint density at radius 1 is 1.17 bits per heavy atom. The highest BCUT2D eigenvalue weighted by Gasteiger charge is 2.19. The maximum Gasteiger partial charge on any atom is 0.0629 e. The summed E-state index contributed by atoms with van der Waals surface area (Å²) in [6, 6.07) is 9.61. The van der Waals surface area contributed by atoms with Crippen molar-refractivity contribution in [3.63, 3.8) is 0 Å². The zero-order valence-electron chi connectivity index (χ0n) is 13.3. The number of nitrogens with zero attached hydrogens (tertiary/aromatic N) is 2. The van der Waals surface area contributed by atoms with Crippen molar-refractivity contribution in [1.82, 2.24) is 9.88 Å². The first-order valence-electron chi connectivity index (χ1n) is 7.84. The summed E-state index contributed by atoms with van der Waals surface area (Å²) >= 11 is 12.0. The molecule has 0 saturated heterocycles. The summed E-state index contributed by atoms with van der Waals surface area (Å²) in [6.07, 6.45) is 5.45. The van der Waals surface area contributed by atoms with E-state index in [-0.39, 0.29) is 12.6 Å². The van der Waals surface area contributed by atoms with E-state index in [1.165, 1.54) is 0 Å². The second kappa shape index (κ2) is 9.24. The molecule has 0 fully saturated rings. The van der Waals surface area contributed by atoms with E-state index >= 15 is 0 Å². The first kappa shape index (κ1) is 18.2. The van der Waals surface area contributed by atoms with E-state index in [0.29, 0.717) is 10.0 Å². The molecule has 0 aliphatic carbocycles. The molecule has 0 aliphatic heterocycles. The lowest BCUT2D eigenvalue weighted by Gasteiger charge is -2.30. The van der Waals surface area contributed by atoms with Gasteiger partial charge < -0.3 is 5.11 Å². The van der Waals surface area contributed by atoms with E-state index < -0.39 is 0 Å². The maximum absolute atomic E-state index is 9.85. The Balaban J connectivity index is 2.09. The lowest BCUT2D eigenvalue weighted by atomic mass is 10.1. The molecule has 2 rings (SSSR count). The molecule has 1 aromatic carbocycles. The molecule has 0 aliphatic rings. The van der Waals surface area contributed by atoms with Crippen molar-refractivity contribution >= 4 is 23.2 Å². The van der Waals surface area contributed by atoms with Gasteiger partial charge in [-0.3, -0.25) is 9.88 Å². The van der Waals surface area contributed by atoms with Crippen molar-refractivity contribution in [2.45, 2.75) is 25.8 Å². The standard InChI is InChI=1S/C18H22Cl2N2O/c1-2-9-22(18(13-23)15-4-3-8-21-12-15)10-7-14-5-6-16(19)17(20)11-14/h3-6,8,11-12,18,23H,2,7,9-10,13H2,1H3. The number of aliphatic hydroxyl groups is 1. The summed E-state index contributed by atoms with van der Waals surface area (Å²) in [5.74, 6) is 0. The number of hydrogen-bond donors (Lipinski definition) is 1. The van der Waals surface area contributed by atoms with Gasteiger partial charge >= 0.3 is 0 Å². The molecular weight excluding hydrogens is 331 g/mol. The monoisotopic (exact) mass is 352 g/mol. The van der Waals surface area contributed by atoms with E-state index in [1.807, 2.05) is 36.5 Å². The van der Waals surface area contributed by atoms with Gasteiger partial charge in [-0.05, 0) is 48.7 Å². The first-order chi connectivity index (χ1) is 11.2. The van der Waals surface area contributed by atoms with E-state index in [9.17, 15) is 5.11 Å². The minimum absolute atomic E-state index is 0.0357. The van der Waals surface area contributed by atoms with Crippen LogP contribution < -0.4 is 0 Å². The lowest BCUT2D eigenvalue weighted by molar-refractivity contribution is 0.124. The topological polar surface area (TPSA) is 36.4 Å². The Bertz CT molecular complexity index is 607. The summed E-state index contributed by atoms with van der Waals surface area (Å²) in [4.78, 5) is 6.46. The molecule has 2 aromatic rings. The van der Waals surface area contributed by atoms with Gasteiger partial charge in [0.15, 0.2) is 0 Å². The van der Waals surface area contributed by atoms with Crippen LogP contribution in [-0.2, 0) is 6.42 Å². The summed E-state index contributed by atoms with van der Waals surface area (Å²) in [6.45, 7) is 3.98. The Morgan fingerprint density at radius 2 is 2.00 bits per heavy atom. The smallest absolute Gasteiger partial charge is 0.0629 e. The molecule has 0 radical (unpaired) electrons. The molecule has 0 saturated carbocycles. The summed E-state index contributed by atoms with van der Waals surface area (Å²) in [5, 5.41) is 11.0. The maximum atomic E-state index is 9.85. The first-order valence-corrected chi connectivity index (χ1v) is 8.60. The number of hydrogen-bond acceptors (Lipinski definition) is 3. The molecule has 0 spiro atoms. The van der Waals surface area contributed by atoms with Crippen LogP contribution in [0.2, 0.25) is 10.0 Å². The van der Waals surface area contributed by atoms with Crippen LogP contribution in [0.3, 0.4) is 0 Å². The predicted molar refractivity (Wildman–Crippen MR) is 96.1 cm³/mol. The van der Waals surface area contributed by atoms with E-state index in [2.05, 4.69) is 16.8 Å². The molecule has 5 heteroatoms. The van der Waals surface area contributed by atoms with Crippen molar-refractivity contribution in [3.05, 3.63) is 63.9 Å². The quantitative estimate of drug-likeness (QED) is 0.765. The van der Waals surface area contributed by atoms with Gasteiger partial charge in [-0.2, -0.15) is 0 Å². The van der Waals surface area contributed by atoms with Crippen LogP contribution in [0.25, 0.3) is 0 Å². The molecule has 124 valence electrons. The number of rotatable bonds is 8. The molecular formula is C18H22Cl2N2O. The predicted octanol–water partition coefficient (Wildman–Crippen LogP) is 4.38. The van der Waals surface area contributed by atoms with Gasteiger partial charge in [0.2, 0.25) is 0 Å². The van der Waals surface area contributed by atoms with Crippen LogP contribution in [0.1, 0.15) is 30.5 Å². The Kier molecular flexibility index (Phi) is 7.31. The van der Waals surface area contributed by atoms with Crippen molar-refractivity contribution in [2.24, 2.45) is 0 Å². The van der Waals surface area contributed by atoms with Crippen LogP contribution in [0, 0.1) is 0 Å². The van der Waals surface area contributed by atoms with Crippen LogP contribution in [0.5, 0.6) is 0 Å². The van der Waals surface area contributed by atoms with Crippen molar-refractivity contribution in [3.8, 4) is 0 Å². The van der Waals surface area contributed by atoms with Crippen LogP contribution in [0.15, 0.2) is 42.7 Å². The minimum atomic E-state index is -0.0357. The fraction of sp³-hybridized carbons (Fsp3) is 0.389. The van der Waals surface area contributed by atoms with Crippen LogP contribution >= 0.6 is 23.2 Å². The SMILES string of the molecule is CCCN(CCc1ccc(Cl)c(Cl)c1)C(CO)c1cccnc1. The summed E-state index contributed by atoms with van der Waals surface area (Å²) < 4.78 is 0. The summed E-state index contributed by atoms with van der Waals surface area (Å²) in [7, 11) is 0. The highest BCUT2D eigenvalue weighted by Crippen LogP contribution is 2.24. The van der Waals surface area contributed by atoms with Crippen LogP contribution in [-0.4, -0.2) is 34.7 Å². The Labute approximate surface area is 147 Å². The normalized spacial score (nSPS) is 12.6. The molecule has 1 atom stereocenters. The third-order valence-corrected chi connectivity index (χ3v) is 4.60. The summed E-state index contributed by atoms with van der Waals surface area (Å²) in [5.41, 5.74) is 2.18. The van der Waals surface area contributed by atoms with Crippen molar-refractivity contribution in [2.75, 3.05) is 19.7 Å². The zero-order valence-corrected chi connectivity index (χ0v) is 14.8. The third kappa shape index (κ3) is 5.18. The second-order valence-electron chi connectivity index (χ2n) is 5.52. The fourth-order valence-corrected chi connectivity index (χ4v) is 3.00. The van der Waals surface area contributed by atoms with E-state index in [1.54, 1.807) is 6.20 Å².